The molecule has 0 unspecified atom stereocenters. The quantitative estimate of drug-likeness (QED) is 0.174. The summed E-state index contributed by atoms with van der Waals surface area (Å²) in [4.78, 5) is 43.5. The maximum absolute atomic E-state index is 13.3. The molecule has 0 radical (unpaired) electrons. The lowest BCUT2D eigenvalue weighted by Crippen LogP contribution is -2.34. The van der Waals surface area contributed by atoms with Crippen LogP contribution < -0.4 is 4.90 Å². The van der Waals surface area contributed by atoms with Gasteiger partial charge in [0.25, 0.3) is 5.91 Å². The Kier molecular flexibility index (Phi) is 8.97. The third kappa shape index (κ3) is 7.40. The third-order valence-corrected chi connectivity index (χ3v) is 7.61. The van der Waals surface area contributed by atoms with Crippen LogP contribution in [0.5, 0.6) is 0 Å². The number of hydrogen-bond donors (Lipinski definition) is 1. The Labute approximate surface area is 249 Å². The molecule has 4 rings (SSSR count). The number of rotatable bonds is 7. The highest BCUT2D eigenvalue weighted by Crippen LogP contribution is 2.39. The smallest absolute Gasteiger partial charge is 0.416 e. The third-order valence-electron chi connectivity index (χ3n) is 6.23. The van der Waals surface area contributed by atoms with Gasteiger partial charge in [-0.2, -0.15) is 26.3 Å². The molecular formula is C28H19F6N3O4S2. The van der Waals surface area contributed by atoms with E-state index in [1.807, 2.05) is 0 Å². The van der Waals surface area contributed by atoms with Gasteiger partial charge in [-0.25, -0.2) is 9.78 Å². The van der Waals surface area contributed by atoms with Crippen LogP contribution in [0, 0.1) is 0 Å². The van der Waals surface area contributed by atoms with E-state index in [0.717, 1.165) is 11.8 Å². The van der Waals surface area contributed by atoms with Gasteiger partial charge in [-0.05, 0) is 60.7 Å². The monoisotopic (exact) mass is 639 g/mol. The minimum atomic E-state index is -5.02. The zero-order valence-electron chi connectivity index (χ0n) is 21.9. The molecule has 0 aliphatic carbocycles. The van der Waals surface area contributed by atoms with E-state index < -0.39 is 40.9 Å². The van der Waals surface area contributed by atoms with Crippen LogP contribution in [0.15, 0.2) is 65.6 Å². The SMILES string of the molecule is CN(C(=O)CCN1C(=O)C(=Cc2cccc(-c3cc(C(F)(F)F)cc(C(F)(F)F)c3)n2)SC1=S)c1ccc(C(=O)O)cc1. The highest BCUT2D eigenvalue weighted by Gasteiger charge is 2.37. The lowest BCUT2D eigenvalue weighted by Gasteiger charge is -2.20. The zero-order chi connectivity index (χ0) is 31.7. The number of alkyl halides is 6. The van der Waals surface area contributed by atoms with Crippen LogP contribution in [0.1, 0.15) is 33.6 Å². The lowest BCUT2D eigenvalue weighted by atomic mass is 10.0. The normalized spacial score (nSPS) is 14.9. The van der Waals surface area contributed by atoms with Gasteiger partial charge in [0.1, 0.15) is 4.32 Å². The summed E-state index contributed by atoms with van der Waals surface area (Å²) >= 11 is 6.18. The molecule has 0 saturated carbocycles. The van der Waals surface area contributed by atoms with Gasteiger partial charge < -0.3 is 10.0 Å². The Hall–Kier alpha value is -4.24. The van der Waals surface area contributed by atoms with E-state index in [2.05, 4.69) is 4.98 Å². The van der Waals surface area contributed by atoms with E-state index >= 15 is 0 Å². The highest BCUT2D eigenvalue weighted by atomic mass is 32.2. The minimum Gasteiger partial charge on any atom is -0.478 e. The van der Waals surface area contributed by atoms with Crippen LogP contribution in [-0.2, 0) is 21.9 Å². The number of aromatic carboxylic acids is 1. The number of thiocarbonyl (C=S) groups is 1. The Morgan fingerprint density at radius 3 is 2.16 bits per heavy atom. The van der Waals surface area contributed by atoms with Crippen LogP contribution in [0.2, 0.25) is 0 Å². The van der Waals surface area contributed by atoms with Crippen LogP contribution in [0.25, 0.3) is 17.3 Å². The topological polar surface area (TPSA) is 90.8 Å². The van der Waals surface area contributed by atoms with Crippen molar-refractivity contribution in [2.75, 3.05) is 18.5 Å². The van der Waals surface area contributed by atoms with Gasteiger partial charge in [-0.3, -0.25) is 14.5 Å². The Balaban J connectivity index is 1.50. The molecule has 7 nitrogen and oxygen atoms in total. The second-order valence-electron chi connectivity index (χ2n) is 9.13. The Morgan fingerprint density at radius 2 is 1.60 bits per heavy atom. The predicted molar refractivity (Wildman–Crippen MR) is 151 cm³/mol. The number of hydrogen-bond acceptors (Lipinski definition) is 6. The lowest BCUT2D eigenvalue weighted by molar-refractivity contribution is -0.143. The summed E-state index contributed by atoms with van der Waals surface area (Å²) < 4.78 is 80.0. The van der Waals surface area contributed by atoms with E-state index in [4.69, 9.17) is 17.3 Å². The molecule has 3 aromatic rings. The minimum absolute atomic E-state index is 0.0241. The number of nitrogens with zero attached hydrogens (tertiary/aromatic N) is 3. The first-order valence-electron chi connectivity index (χ1n) is 12.2. The fourth-order valence-corrected chi connectivity index (χ4v) is 5.26. The fourth-order valence-electron chi connectivity index (χ4n) is 3.97. The number of carbonyl (C=O) groups is 3. The molecule has 1 saturated heterocycles. The van der Waals surface area contributed by atoms with Crippen LogP contribution >= 0.6 is 24.0 Å². The van der Waals surface area contributed by atoms with Gasteiger partial charge in [0.05, 0.1) is 33.0 Å². The van der Waals surface area contributed by atoms with Crippen molar-refractivity contribution in [1.82, 2.24) is 9.88 Å². The molecule has 1 aliphatic heterocycles. The van der Waals surface area contributed by atoms with Crippen molar-refractivity contribution in [3.05, 3.63) is 88.0 Å². The highest BCUT2D eigenvalue weighted by molar-refractivity contribution is 8.26. The summed E-state index contributed by atoms with van der Waals surface area (Å²) in [6, 6.07) is 10.8. The van der Waals surface area contributed by atoms with Crippen molar-refractivity contribution >= 4 is 57.8 Å². The molecule has 1 aliphatic rings. The predicted octanol–water partition coefficient (Wildman–Crippen LogP) is 6.74. The van der Waals surface area contributed by atoms with Gasteiger partial charge >= 0.3 is 18.3 Å². The summed E-state index contributed by atoms with van der Waals surface area (Å²) in [6.45, 7) is -0.0731. The van der Waals surface area contributed by atoms with Crippen molar-refractivity contribution in [3.63, 3.8) is 0 Å². The molecule has 15 heteroatoms. The van der Waals surface area contributed by atoms with Crippen molar-refractivity contribution in [2.24, 2.45) is 0 Å². The Morgan fingerprint density at radius 1 is 1.00 bits per heavy atom. The number of halogens is 6. The number of carboxylic acid groups (broad SMARTS) is 1. The van der Waals surface area contributed by atoms with Crippen molar-refractivity contribution < 1.29 is 45.8 Å². The van der Waals surface area contributed by atoms with E-state index in [1.54, 1.807) is 0 Å². The number of carbonyl (C=O) groups excluding carboxylic acids is 2. The summed E-state index contributed by atoms with van der Waals surface area (Å²) in [5, 5.41) is 9.02. The molecule has 43 heavy (non-hydrogen) atoms. The summed E-state index contributed by atoms with van der Waals surface area (Å²) in [5.41, 5.74) is -2.98. The number of benzene rings is 2. The summed E-state index contributed by atoms with van der Waals surface area (Å²) in [5.74, 6) is -2.05. The Bertz CT molecular complexity index is 1610. The number of amides is 2. The molecule has 1 aromatic heterocycles. The first-order chi connectivity index (χ1) is 20.0. The van der Waals surface area contributed by atoms with Crippen LogP contribution in [0.3, 0.4) is 0 Å². The second kappa shape index (κ2) is 12.2. The number of thioether (sulfide) groups is 1. The van der Waals surface area contributed by atoms with Gasteiger partial charge in [0.15, 0.2) is 0 Å². The summed E-state index contributed by atoms with van der Waals surface area (Å²) in [7, 11) is 1.49. The van der Waals surface area contributed by atoms with E-state index in [9.17, 15) is 40.7 Å². The maximum Gasteiger partial charge on any atom is 0.416 e. The number of aromatic nitrogens is 1. The average molecular weight is 640 g/mol. The van der Waals surface area contributed by atoms with E-state index in [-0.39, 0.29) is 51.1 Å². The molecule has 2 heterocycles. The number of carboxylic acids is 1. The van der Waals surface area contributed by atoms with Gasteiger partial charge in [-0.1, -0.05) is 30.0 Å². The maximum atomic E-state index is 13.3. The molecule has 224 valence electrons. The van der Waals surface area contributed by atoms with Crippen molar-refractivity contribution in [1.29, 1.82) is 0 Å². The van der Waals surface area contributed by atoms with Gasteiger partial charge in [-0.15, -0.1) is 0 Å². The molecule has 2 aromatic carbocycles. The zero-order valence-corrected chi connectivity index (χ0v) is 23.5. The standard InChI is InChI=1S/C28H19F6N3O4S2/c1-36(20-7-5-15(6-8-20)25(40)41)23(38)9-10-37-24(39)22(43-26(37)42)14-19-3-2-4-21(35-19)16-11-17(27(29,30)31)13-18(12-16)28(32,33)34/h2-8,11-14H,9-10H2,1H3,(H,40,41). The second-order valence-corrected chi connectivity index (χ2v) is 10.8. The first-order valence-corrected chi connectivity index (χ1v) is 13.4. The molecule has 0 atom stereocenters. The summed E-state index contributed by atoms with van der Waals surface area (Å²) in [6.07, 6.45) is -8.87. The van der Waals surface area contributed by atoms with Gasteiger partial charge in [0.2, 0.25) is 5.91 Å². The number of anilines is 1. The molecule has 1 N–H and O–H groups in total. The molecular weight excluding hydrogens is 620 g/mol. The van der Waals surface area contributed by atoms with Crippen LogP contribution in [-0.4, -0.2) is 50.7 Å². The van der Waals surface area contributed by atoms with Crippen molar-refractivity contribution in [3.8, 4) is 11.3 Å². The number of pyridine rings is 1. The first kappa shape index (κ1) is 31.7. The molecule has 0 spiro atoms. The van der Waals surface area contributed by atoms with E-state index in [0.29, 0.717) is 17.8 Å². The van der Waals surface area contributed by atoms with Gasteiger partial charge in [0, 0.05) is 31.3 Å². The van der Waals surface area contributed by atoms with E-state index in [1.165, 1.54) is 65.4 Å². The van der Waals surface area contributed by atoms with Crippen LogP contribution in [0.4, 0.5) is 32.0 Å². The molecule has 1 fully saturated rings. The van der Waals surface area contributed by atoms with Crippen molar-refractivity contribution in [2.45, 2.75) is 18.8 Å². The fraction of sp³-hybridized carbons (Fsp3) is 0.179. The average Bonchev–Trinajstić information content (AvgIpc) is 3.21. The largest absolute Gasteiger partial charge is 0.478 e. The molecule has 2 amide bonds. The molecule has 0 bridgehead atoms.